The molecule has 0 aliphatic carbocycles. The number of ether oxygens (including phenoxy) is 1. The molecule has 1 aromatic rings. The number of nitrogens with two attached hydrogens (primary N) is 1. The van der Waals surface area contributed by atoms with E-state index in [-0.39, 0.29) is 11.3 Å². The maximum atomic E-state index is 13.7. The Morgan fingerprint density at radius 1 is 1.47 bits per heavy atom. The van der Waals surface area contributed by atoms with Crippen molar-refractivity contribution in [1.29, 1.82) is 0 Å². The zero-order chi connectivity index (χ0) is 11.6. The van der Waals surface area contributed by atoms with Crippen LogP contribution in [-0.2, 0) is 0 Å². The lowest BCUT2D eigenvalue weighted by Gasteiger charge is -2.17. The predicted octanol–water partition coefficient (Wildman–Crippen LogP) is 1.75. The van der Waals surface area contributed by atoms with Gasteiger partial charge in [0.1, 0.15) is 0 Å². The highest BCUT2D eigenvalue weighted by Crippen LogP contribution is 2.22. The Labute approximate surface area is 88.0 Å². The molecular formula is C11H14FNO2. The summed E-state index contributed by atoms with van der Waals surface area (Å²) in [6.45, 7) is 3.07. The van der Waals surface area contributed by atoms with E-state index in [1.165, 1.54) is 33.1 Å². The molecule has 0 fully saturated rings. The molecule has 0 aliphatic rings. The second-order valence-electron chi connectivity index (χ2n) is 3.87. The average molecular weight is 211 g/mol. The van der Waals surface area contributed by atoms with Gasteiger partial charge in [0.25, 0.3) is 0 Å². The van der Waals surface area contributed by atoms with E-state index in [9.17, 15) is 9.18 Å². The molecule has 0 saturated heterocycles. The van der Waals surface area contributed by atoms with Crippen molar-refractivity contribution in [2.45, 2.75) is 19.4 Å². The molecule has 0 amide bonds. The van der Waals surface area contributed by atoms with Crippen molar-refractivity contribution in [3.8, 4) is 5.75 Å². The van der Waals surface area contributed by atoms with Crippen molar-refractivity contribution < 1.29 is 13.9 Å². The van der Waals surface area contributed by atoms with Gasteiger partial charge in [-0.15, -0.1) is 0 Å². The van der Waals surface area contributed by atoms with Crippen LogP contribution in [0.1, 0.15) is 24.2 Å². The second kappa shape index (κ2) is 3.98. The lowest BCUT2D eigenvalue weighted by Crippen LogP contribution is -2.41. The first-order valence-corrected chi connectivity index (χ1v) is 4.54. The van der Waals surface area contributed by atoms with Crippen molar-refractivity contribution in [2.24, 2.45) is 5.73 Å². The summed E-state index contributed by atoms with van der Waals surface area (Å²) in [7, 11) is 1.35. The lowest BCUT2D eigenvalue weighted by atomic mass is 9.94. The minimum atomic E-state index is -1.09. The molecule has 15 heavy (non-hydrogen) atoms. The van der Waals surface area contributed by atoms with Crippen molar-refractivity contribution >= 4 is 5.78 Å². The molecule has 3 nitrogen and oxygen atoms in total. The Bertz CT molecular complexity index is 383. The molecule has 2 N–H and O–H groups in total. The number of rotatable bonds is 3. The van der Waals surface area contributed by atoms with Gasteiger partial charge in [0.15, 0.2) is 17.3 Å². The zero-order valence-corrected chi connectivity index (χ0v) is 9.00. The first kappa shape index (κ1) is 11.7. The van der Waals surface area contributed by atoms with Gasteiger partial charge >= 0.3 is 0 Å². The molecule has 0 aromatic heterocycles. The van der Waals surface area contributed by atoms with Crippen LogP contribution in [0.15, 0.2) is 18.2 Å². The van der Waals surface area contributed by atoms with Crippen molar-refractivity contribution in [2.75, 3.05) is 7.11 Å². The van der Waals surface area contributed by atoms with Gasteiger partial charge in [0.2, 0.25) is 0 Å². The normalized spacial score (nSPS) is 11.3. The molecule has 0 radical (unpaired) electrons. The smallest absolute Gasteiger partial charge is 0.185 e. The predicted molar refractivity (Wildman–Crippen MR) is 55.5 cm³/mol. The Morgan fingerprint density at radius 3 is 2.53 bits per heavy atom. The number of hydrogen-bond acceptors (Lipinski definition) is 3. The van der Waals surface area contributed by atoms with E-state index >= 15 is 0 Å². The summed E-state index contributed by atoms with van der Waals surface area (Å²) >= 11 is 0. The third-order valence-electron chi connectivity index (χ3n) is 2.01. The lowest BCUT2D eigenvalue weighted by molar-refractivity contribution is 0.0908. The fourth-order valence-electron chi connectivity index (χ4n) is 1.19. The highest BCUT2D eigenvalue weighted by atomic mass is 19.1. The largest absolute Gasteiger partial charge is 0.494 e. The molecule has 0 heterocycles. The Hall–Kier alpha value is -1.42. The van der Waals surface area contributed by atoms with Crippen LogP contribution >= 0.6 is 0 Å². The molecule has 0 aliphatic heterocycles. The molecular weight excluding hydrogens is 197 g/mol. The van der Waals surface area contributed by atoms with E-state index in [4.69, 9.17) is 10.5 Å². The van der Waals surface area contributed by atoms with Crippen LogP contribution in [0.2, 0.25) is 0 Å². The highest BCUT2D eigenvalue weighted by Gasteiger charge is 2.27. The van der Waals surface area contributed by atoms with Gasteiger partial charge in [-0.05, 0) is 26.0 Å². The number of benzene rings is 1. The van der Waals surface area contributed by atoms with E-state index in [1.807, 2.05) is 0 Å². The number of carbonyl (C=O) groups excluding carboxylic acids is 1. The fraction of sp³-hybridized carbons (Fsp3) is 0.364. The van der Waals surface area contributed by atoms with E-state index in [2.05, 4.69) is 0 Å². The number of halogens is 1. The van der Waals surface area contributed by atoms with Gasteiger partial charge in [-0.25, -0.2) is 4.39 Å². The minimum Gasteiger partial charge on any atom is -0.494 e. The first-order valence-electron chi connectivity index (χ1n) is 4.54. The van der Waals surface area contributed by atoms with E-state index in [1.54, 1.807) is 6.07 Å². The van der Waals surface area contributed by atoms with Crippen molar-refractivity contribution in [3.05, 3.63) is 29.6 Å². The van der Waals surface area contributed by atoms with Crippen LogP contribution in [0.5, 0.6) is 5.75 Å². The van der Waals surface area contributed by atoms with Crippen molar-refractivity contribution in [1.82, 2.24) is 0 Å². The molecule has 1 aromatic carbocycles. The highest BCUT2D eigenvalue weighted by molar-refractivity contribution is 6.03. The summed E-state index contributed by atoms with van der Waals surface area (Å²) in [6.07, 6.45) is 0. The van der Waals surface area contributed by atoms with Crippen LogP contribution in [-0.4, -0.2) is 18.4 Å². The number of carbonyl (C=O) groups is 1. The molecule has 82 valence electrons. The number of ketones is 1. The standard InChI is InChI=1S/C11H14FNO2/c1-11(2,13)10(14)7-5-4-6-8(15-3)9(7)12/h4-6H,13H2,1-3H3. The number of methoxy groups -OCH3 is 1. The average Bonchev–Trinajstić information content (AvgIpc) is 2.16. The van der Waals surface area contributed by atoms with E-state index < -0.39 is 17.1 Å². The maximum Gasteiger partial charge on any atom is 0.185 e. The number of hydrogen-bond donors (Lipinski definition) is 1. The quantitative estimate of drug-likeness (QED) is 0.775. The van der Waals surface area contributed by atoms with Gasteiger partial charge in [-0.1, -0.05) is 6.07 Å². The molecule has 0 spiro atoms. The monoisotopic (exact) mass is 211 g/mol. The first-order chi connectivity index (χ1) is 6.88. The van der Waals surface area contributed by atoms with Crippen molar-refractivity contribution in [3.63, 3.8) is 0 Å². The summed E-state index contributed by atoms with van der Waals surface area (Å²) in [5.41, 5.74) is 4.48. The maximum absolute atomic E-state index is 13.7. The summed E-state index contributed by atoms with van der Waals surface area (Å²) in [5, 5.41) is 0. The second-order valence-corrected chi connectivity index (χ2v) is 3.87. The molecule has 0 saturated carbocycles. The van der Waals surface area contributed by atoms with Crippen LogP contribution in [0.3, 0.4) is 0 Å². The van der Waals surface area contributed by atoms with Crippen LogP contribution in [0.25, 0.3) is 0 Å². The zero-order valence-electron chi connectivity index (χ0n) is 9.00. The third kappa shape index (κ3) is 2.33. The molecule has 0 atom stereocenters. The molecule has 1 rings (SSSR count). The van der Waals surface area contributed by atoms with Gasteiger partial charge in [-0.2, -0.15) is 0 Å². The summed E-state index contributed by atoms with van der Waals surface area (Å²) in [4.78, 5) is 11.7. The number of Topliss-reactive ketones (excluding diaryl/α,β-unsaturated/α-hetero) is 1. The van der Waals surface area contributed by atoms with Gasteiger partial charge in [-0.3, -0.25) is 4.79 Å². The molecule has 4 heteroatoms. The minimum absolute atomic E-state index is 0.0400. The molecule has 0 bridgehead atoms. The Morgan fingerprint density at radius 2 is 2.07 bits per heavy atom. The fourth-order valence-corrected chi connectivity index (χ4v) is 1.19. The van der Waals surface area contributed by atoms with E-state index in [0.717, 1.165) is 0 Å². The molecule has 0 unspecified atom stereocenters. The third-order valence-corrected chi connectivity index (χ3v) is 2.01. The topological polar surface area (TPSA) is 52.3 Å². The van der Waals surface area contributed by atoms with Crippen LogP contribution in [0.4, 0.5) is 4.39 Å². The summed E-state index contributed by atoms with van der Waals surface area (Å²) in [5.74, 6) is -1.06. The van der Waals surface area contributed by atoms with Gasteiger partial charge in [0, 0.05) is 0 Å². The van der Waals surface area contributed by atoms with Crippen LogP contribution in [0, 0.1) is 5.82 Å². The Balaban J connectivity index is 3.22. The van der Waals surface area contributed by atoms with E-state index in [0.29, 0.717) is 0 Å². The Kier molecular flexibility index (Phi) is 3.09. The van der Waals surface area contributed by atoms with Gasteiger partial charge < -0.3 is 10.5 Å². The van der Waals surface area contributed by atoms with Crippen LogP contribution < -0.4 is 10.5 Å². The SMILES string of the molecule is COc1cccc(C(=O)C(C)(C)N)c1F. The summed E-state index contributed by atoms with van der Waals surface area (Å²) < 4.78 is 18.4. The summed E-state index contributed by atoms with van der Waals surface area (Å²) in [6, 6.07) is 4.41. The van der Waals surface area contributed by atoms with Gasteiger partial charge in [0.05, 0.1) is 18.2 Å².